The fourth-order valence-corrected chi connectivity index (χ4v) is 2.79. The minimum absolute atomic E-state index is 0.122. The maximum absolute atomic E-state index is 14.2. The quantitative estimate of drug-likeness (QED) is 0.912. The van der Waals surface area contributed by atoms with E-state index in [1.54, 1.807) is 10.7 Å². The molecule has 0 radical (unpaired) electrons. The maximum atomic E-state index is 14.2. The highest BCUT2D eigenvalue weighted by molar-refractivity contribution is 6.31. The molecule has 0 aliphatic rings. The molecule has 1 aromatic heterocycles. The molecule has 2 rings (SSSR count). The third-order valence-electron chi connectivity index (χ3n) is 3.64. The van der Waals surface area contributed by atoms with Gasteiger partial charge in [0.05, 0.1) is 16.4 Å². The van der Waals surface area contributed by atoms with Crippen molar-refractivity contribution < 1.29 is 4.39 Å². The Labute approximate surface area is 130 Å². The van der Waals surface area contributed by atoms with Gasteiger partial charge in [-0.05, 0) is 32.0 Å². The van der Waals surface area contributed by atoms with Gasteiger partial charge in [-0.3, -0.25) is 4.68 Å². The van der Waals surface area contributed by atoms with Gasteiger partial charge in [-0.1, -0.05) is 30.7 Å². The van der Waals surface area contributed by atoms with Gasteiger partial charge < -0.3 is 5.32 Å². The van der Waals surface area contributed by atoms with E-state index in [1.807, 2.05) is 40.0 Å². The van der Waals surface area contributed by atoms with Gasteiger partial charge in [-0.25, -0.2) is 4.39 Å². The Balaban J connectivity index is 2.35. The second-order valence-electron chi connectivity index (χ2n) is 5.31. The van der Waals surface area contributed by atoms with Crippen molar-refractivity contribution in [1.29, 1.82) is 0 Å². The summed E-state index contributed by atoms with van der Waals surface area (Å²) < 4.78 is 16.0. The summed E-state index contributed by atoms with van der Waals surface area (Å²) in [6.07, 6.45) is 0.601. The highest BCUT2D eigenvalue weighted by Gasteiger charge is 2.20. The van der Waals surface area contributed by atoms with Gasteiger partial charge in [0.25, 0.3) is 0 Å². The lowest BCUT2D eigenvalue weighted by Crippen LogP contribution is -2.25. The Hall–Kier alpha value is -1.39. The van der Waals surface area contributed by atoms with Gasteiger partial charge in [-0.15, -0.1) is 0 Å². The summed E-state index contributed by atoms with van der Waals surface area (Å²) in [5.74, 6) is -0.184. The van der Waals surface area contributed by atoms with Crippen molar-refractivity contribution in [2.75, 3.05) is 6.54 Å². The van der Waals surface area contributed by atoms with Crippen molar-refractivity contribution in [2.24, 2.45) is 7.05 Å². The number of likely N-dealkylation sites (N-methyl/N-ethyl adjacent to an activating group) is 1. The van der Waals surface area contributed by atoms with Crippen molar-refractivity contribution >= 4 is 11.6 Å². The van der Waals surface area contributed by atoms with E-state index in [2.05, 4.69) is 10.4 Å². The van der Waals surface area contributed by atoms with Gasteiger partial charge in [-0.2, -0.15) is 5.10 Å². The maximum Gasteiger partial charge on any atom is 0.128 e. The van der Waals surface area contributed by atoms with Gasteiger partial charge in [0.2, 0.25) is 0 Å². The van der Waals surface area contributed by atoms with E-state index < -0.39 is 0 Å². The molecule has 1 heterocycles. The van der Waals surface area contributed by atoms with E-state index in [-0.39, 0.29) is 11.9 Å². The standard InChI is InChI=1S/C16H21ClFN3/c1-5-19-14(12-7-6-10(2)8-13(12)18)9-15-16(17)11(3)20-21(15)4/h6-8,14,19H,5,9H2,1-4H3. The Bertz CT molecular complexity index is 637. The smallest absolute Gasteiger partial charge is 0.128 e. The van der Waals surface area contributed by atoms with E-state index in [1.165, 1.54) is 0 Å². The molecule has 0 aliphatic carbocycles. The van der Waals surface area contributed by atoms with Gasteiger partial charge in [0, 0.05) is 25.1 Å². The zero-order chi connectivity index (χ0) is 15.6. The Morgan fingerprint density at radius 3 is 2.62 bits per heavy atom. The van der Waals surface area contributed by atoms with Crippen LogP contribution in [0.25, 0.3) is 0 Å². The van der Waals surface area contributed by atoms with E-state index in [9.17, 15) is 4.39 Å². The number of halogens is 2. The predicted octanol–water partition coefficient (Wildman–Crippen LogP) is 3.72. The van der Waals surface area contributed by atoms with Crippen LogP contribution in [0.15, 0.2) is 18.2 Å². The minimum Gasteiger partial charge on any atom is -0.310 e. The number of nitrogens with zero attached hydrogens (tertiary/aromatic N) is 2. The molecule has 1 aromatic carbocycles. The van der Waals surface area contributed by atoms with Crippen molar-refractivity contribution in [3.63, 3.8) is 0 Å². The molecule has 0 bridgehead atoms. The molecule has 114 valence electrons. The molecule has 5 heteroatoms. The second-order valence-corrected chi connectivity index (χ2v) is 5.69. The Morgan fingerprint density at radius 2 is 2.10 bits per heavy atom. The average molecular weight is 310 g/mol. The van der Waals surface area contributed by atoms with E-state index in [0.717, 1.165) is 23.5 Å². The van der Waals surface area contributed by atoms with Crippen molar-refractivity contribution in [1.82, 2.24) is 15.1 Å². The van der Waals surface area contributed by atoms with E-state index >= 15 is 0 Å². The molecule has 2 aromatic rings. The number of aryl methyl sites for hydroxylation is 3. The zero-order valence-corrected chi connectivity index (χ0v) is 13.6. The summed E-state index contributed by atoms with van der Waals surface area (Å²) >= 11 is 6.31. The van der Waals surface area contributed by atoms with Crippen LogP contribution in [0.2, 0.25) is 5.02 Å². The first-order chi connectivity index (χ1) is 9.93. The van der Waals surface area contributed by atoms with Crippen molar-refractivity contribution in [3.05, 3.63) is 51.6 Å². The Kier molecular flexibility index (Phi) is 5.01. The van der Waals surface area contributed by atoms with Crippen LogP contribution in [0, 0.1) is 19.7 Å². The first-order valence-electron chi connectivity index (χ1n) is 7.11. The number of aromatic nitrogens is 2. The molecule has 0 fully saturated rings. The molecule has 0 saturated carbocycles. The first-order valence-corrected chi connectivity index (χ1v) is 7.49. The predicted molar refractivity (Wildman–Crippen MR) is 84.2 cm³/mol. The number of benzene rings is 1. The summed E-state index contributed by atoms with van der Waals surface area (Å²) in [6, 6.07) is 5.21. The lowest BCUT2D eigenvalue weighted by Gasteiger charge is -2.19. The number of nitrogens with one attached hydrogen (secondary N) is 1. The summed E-state index contributed by atoms with van der Waals surface area (Å²) in [5.41, 5.74) is 3.30. The molecule has 21 heavy (non-hydrogen) atoms. The summed E-state index contributed by atoms with van der Waals surface area (Å²) in [5, 5.41) is 8.31. The second kappa shape index (κ2) is 6.58. The zero-order valence-electron chi connectivity index (χ0n) is 12.9. The molecule has 0 spiro atoms. The van der Waals surface area contributed by atoms with Crippen LogP contribution < -0.4 is 5.32 Å². The molecule has 1 N–H and O–H groups in total. The van der Waals surface area contributed by atoms with Crippen molar-refractivity contribution in [3.8, 4) is 0 Å². The highest BCUT2D eigenvalue weighted by Crippen LogP contribution is 2.27. The lowest BCUT2D eigenvalue weighted by atomic mass is 9.99. The van der Waals surface area contributed by atoms with Crippen LogP contribution in [-0.4, -0.2) is 16.3 Å². The molecule has 0 aliphatic heterocycles. The largest absolute Gasteiger partial charge is 0.310 e. The van der Waals surface area contributed by atoms with E-state index in [4.69, 9.17) is 11.6 Å². The SMILES string of the molecule is CCNC(Cc1c(Cl)c(C)nn1C)c1ccc(C)cc1F. The van der Waals surface area contributed by atoms with Crippen LogP contribution in [0.4, 0.5) is 4.39 Å². The molecular formula is C16H21ClFN3. The number of rotatable bonds is 5. The molecule has 1 atom stereocenters. The lowest BCUT2D eigenvalue weighted by molar-refractivity contribution is 0.496. The fraction of sp³-hybridized carbons (Fsp3) is 0.438. The minimum atomic E-state index is -0.184. The Morgan fingerprint density at radius 1 is 1.38 bits per heavy atom. The molecule has 0 saturated heterocycles. The summed E-state index contributed by atoms with van der Waals surface area (Å²) in [4.78, 5) is 0. The van der Waals surface area contributed by atoms with Gasteiger partial charge in [0.1, 0.15) is 5.82 Å². The summed E-state index contributed by atoms with van der Waals surface area (Å²) in [7, 11) is 1.86. The van der Waals surface area contributed by atoms with E-state index in [0.29, 0.717) is 17.0 Å². The topological polar surface area (TPSA) is 29.9 Å². The molecular weight excluding hydrogens is 289 g/mol. The first kappa shape index (κ1) is 16.0. The third-order valence-corrected chi connectivity index (χ3v) is 4.13. The van der Waals surface area contributed by atoms with Gasteiger partial charge in [0.15, 0.2) is 0 Å². The number of hydrogen-bond donors (Lipinski definition) is 1. The average Bonchev–Trinajstić information content (AvgIpc) is 2.65. The molecule has 0 amide bonds. The molecule has 3 nitrogen and oxygen atoms in total. The monoisotopic (exact) mass is 309 g/mol. The van der Waals surface area contributed by atoms with Crippen LogP contribution in [0.3, 0.4) is 0 Å². The normalized spacial score (nSPS) is 12.7. The fourth-order valence-electron chi connectivity index (χ4n) is 2.55. The van der Waals surface area contributed by atoms with Gasteiger partial charge >= 0.3 is 0 Å². The van der Waals surface area contributed by atoms with Crippen LogP contribution >= 0.6 is 11.6 Å². The van der Waals surface area contributed by atoms with Crippen LogP contribution in [-0.2, 0) is 13.5 Å². The summed E-state index contributed by atoms with van der Waals surface area (Å²) in [6.45, 7) is 6.53. The molecule has 1 unspecified atom stereocenters. The van der Waals surface area contributed by atoms with Crippen LogP contribution in [0.1, 0.15) is 35.5 Å². The van der Waals surface area contributed by atoms with Crippen LogP contribution in [0.5, 0.6) is 0 Å². The number of hydrogen-bond acceptors (Lipinski definition) is 2. The highest BCUT2D eigenvalue weighted by atomic mass is 35.5. The van der Waals surface area contributed by atoms with Crippen molar-refractivity contribution in [2.45, 2.75) is 33.2 Å². The third kappa shape index (κ3) is 3.44.